The van der Waals surface area contributed by atoms with E-state index in [0.29, 0.717) is 21.5 Å². The van der Waals surface area contributed by atoms with Crippen molar-refractivity contribution in [2.75, 3.05) is 0 Å². The summed E-state index contributed by atoms with van der Waals surface area (Å²) in [6, 6.07) is 7.20. The molecule has 0 heterocycles. The number of thioether (sulfide) groups is 2. The highest BCUT2D eigenvalue weighted by atomic mass is 32.2. The summed E-state index contributed by atoms with van der Waals surface area (Å²) in [7, 11) is 0. The SMILES string of the molecule is CC(C)SC(SC(C)C)c1ccccc1C[C@H](N)C(=O)O. The van der Waals surface area contributed by atoms with Crippen LogP contribution in [0.5, 0.6) is 0 Å². The molecule has 0 saturated carbocycles. The number of carboxylic acid groups (broad SMARTS) is 1. The molecule has 1 rings (SSSR count). The van der Waals surface area contributed by atoms with Crippen molar-refractivity contribution in [1.82, 2.24) is 0 Å². The van der Waals surface area contributed by atoms with Crippen LogP contribution in [0, 0.1) is 0 Å². The molecule has 0 unspecified atom stereocenters. The van der Waals surface area contributed by atoms with E-state index in [1.165, 1.54) is 5.56 Å². The smallest absolute Gasteiger partial charge is 0.320 e. The summed E-state index contributed by atoms with van der Waals surface area (Å²) < 4.78 is 0.308. The van der Waals surface area contributed by atoms with Crippen LogP contribution in [0.4, 0.5) is 0 Å². The third-order valence-electron chi connectivity index (χ3n) is 2.86. The minimum absolute atomic E-state index is 0.308. The molecule has 0 aromatic heterocycles. The molecule has 5 heteroatoms. The van der Waals surface area contributed by atoms with Crippen molar-refractivity contribution >= 4 is 29.5 Å². The molecule has 3 nitrogen and oxygen atoms in total. The molecule has 0 radical (unpaired) electrons. The Balaban J connectivity index is 3.03. The molecule has 0 aliphatic carbocycles. The molecule has 0 aliphatic rings. The van der Waals surface area contributed by atoms with Crippen molar-refractivity contribution in [2.45, 2.75) is 55.2 Å². The van der Waals surface area contributed by atoms with Crippen LogP contribution in [0.3, 0.4) is 0 Å². The fourth-order valence-electron chi connectivity index (χ4n) is 1.95. The zero-order valence-corrected chi connectivity index (χ0v) is 14.7. The summed E-state index contributed by atoms with van der Waals surface area (Å²) in [6.45, 7) is 8.74. The van der Waals surface area contributed by atoms with Gasteiger partial charge in [0, 0.05) is 10.5 Å². The number of hydrogen-bond acceptors (Lipinski definition) is 4. The van der Waals surface area contributed by atoms with Crippen LogP contribution in [-0.2, 0) is 11.2 Å². The van der Waals surface area contributed by atoms with E-state index >= 15 is 0 Å². The van der Waals surface area contributed by atoms with Crippen LogP contribution in [-0.4, -0.2) is 27.6 Å². The van der Waals surface area contributed by atoms with E-state index in [9.17, 15) is 4.79 Å². The number of aliphatic carboxylic acids is 1. The monoisotopic (exact) mass is 327 g/mol. The second-order valence-corrected chi connectivity index (χ2v) is 9.22. The van der Waals surface area contributed by atoms with Gasteiger partial charge < -0.3 is 10.8 Å². The Morgan fingerprint density at radius 1 is 1.14 bits per heavy atom. The highest BCUT2D eigenvalue weighted by molar-refractivity contribution is 8.16. The first-order valence-electron chi connectivity index (χ1n) is 7.18. The van der Waals surface area contributed by atoms with E-state index in [1.54, 1.807) is 0 Å². The molecule has 1 atom stereocenters. The first kappa shape index (κ1) is 18.4. The molecule has 21 heavy (non-hydrogen) atoms. The Kier molecular flexibility index (Phi) is 7.63. The van der Waals surface area contributed by atoms with E-state index in [2.05, 4.69) is 33.8 Å². The van der Waals surface area contributed by atoms with Gasteiger partial charge in [0.15, 0.2) is 0 Å². The number of hydrogen-bond donors (Lipinski definition) is 2. The average molecular weight is 328 g/mol. The molecular weight excluding hydrogens is 302 g/mol. The Bertz CT molecular complexity index is 453. The van der Waals surface area contributed by atoms with Gasteiger partial charge in [0.25, 0.3) is 0 Å². The van der Waals surface area contributed by atoms with E-state index in [0.717, 1.165) is 5.56 Å². The minimum Gasteiger partial charge on any atom is -0.480 e. The van der Waals surface area contributed by atoms with Gasteiger partial charge in [0.05, 0.1) is 4.58 Å². The molecule has 1 aromatic carbocycles. The van der Waals surface area contributed by atoms with Gasteiger partial charge >= 0.3 is 5.97 Å². The van der Waals surface area contributed by atoms with E-state index in [1.807, 2.05) is 41.7 Å². The average Bonchev–Trinajstić information content (AvgIpc) is 2.37. The molecule has 118 valence electrons. The summed E-state index contributed by atoms with van der Waals surface area (Å²) in [5, 5.41) is 10.1. The largest absolute Gasteiger partial charge is 0.480 e. The normalized spacial score (nSPS) is 13.1. The summed E-state index contributed by atoms with van der Waals surface area (Å²) in [5.41, 5.74) is 7.95. The van der Waals surface area contributed by atoms with Crippen molar-refractivity contribution in [2.24, 2.45) is 5.73 Å². The van der Waals surface area contributed by atoms with Crippen LogP contribution in [0.25, 0.3) is 0 Å². The molecule has 1 aromatic rings. The van der Waals surface area contributed by atoms with Crippen molar-refractivity contribution in [3.05, 3.63) is 35.4 Å². The zero-order valence-electron chi connectivity index (χ0n) is 13.1. The van der Waals surface area contributed by atoms with Gasteiger partial charge in [-0.1, -0.05) is 52.0 Å². The molecule has 0 amide bonds. The molecule has 0 bridgehead atoms. The number of carboxylic acids is 1. The van der Waals surface area contributed by atoms with Gasteiger partial charge in [-0.05, 0) is 17.5 Å². The van der Waals surface area contributed by atoms with Gasteiger partial charge in [-0.3, -0.25) is 4.79 Å². The van der Waals surface area contributed by atoms with Crippen LogP contribution >= 0.6 is 23.5 Å². The summed E-state index contributed by atoms with van der Waals surface area (Å²) >= 11 is 3.81. The van der Waals surface area contributed by atoms with Gasteiger partial charge in [0.1, 0.15) is 6.04 Å². The van der Waals surface area contributed by atoms with E-state index in [-0.39, 0.29) is 0 Å². The highest BCUT2D eigenvalue weighted by Crippen LogP contribution is 2.44. The van der Waals surface area contributed by atoms with Crippen LogP contribution in [0.2, 0.25) is 0 Å². The number of carbonyl (C=O) groups is 1. The summed E-state index contributed by atoms with van der Waals surface area (Å²) in [4.78, 5) is 11.0. The first-order valence-corrected chi connectivity index (χ1v) is 9.07. The lowest BCUT2D eigenvalue weighted by atomic mass is 10.0. The molecule has 3 N–H and O–H groups in total. The maximum atomic E-state index is 11.0. The second-order valence-electron chi connectivity index (χ2n) is 5.55. The summed E-state index contributed by atoms with van der Waals surface area (Å²) in [6.07, 6.45) is 0.374. The topological polar surface area (TPSA) is 63.3 Å². The predicted octanol–water partition coefficient (Wildman–Crippen LogP) is 3.92. The van der Waals surface area contributed by atoms with Crippen molar-refractivity contribution < 1.29 is 9.90 Å². The molecule has 0 aliphatic heterocycles. The number of rotatable bonds is 8. The van der Waals surface area contributed by atoms with Crippen molar-refractivity contribution in [3.8, 4) is 0 Å². The number of benzene rings is 1. The van der Waals surface area contributed by atoms with Crippen LogP contribution in [0.1, 0.15) is 43.4 Å². The van der Waals surface area contributed by atoms with E-state index in [4.69, 9.17) is 10.8 Å². The molecule has 0 spiro atoms. The third kappa shape index (κ3) is 6.32. The molecule has 0 saturated heterocycles. The highest BCUT2D eigenvalue weighted by Gasteiger charge is 2.21. The van der Waals surface area contributed by atoms with E-state index < -0.39 is 12.0 Å². The Hall–Kier alpha value is -0.650. The van der Waals surface area contributed by atoms with Crippen molar-refractivity contribution in [3.63, 3.8) is 0 Å². The van der Waals surface area contributed by atoms with Gasteiger partial charge in [0.2, 0.25) is 0 Å². The third-order valence-corrected chi connectivity index (χ3v) is 5.62. The fraction of sp³-hybridized carbons (Fsp3) is 0.562. The Labute approximate surface area is 136 Å². The van der Waals surface area contributed by atoms with Gasteiger partial charge in [-0.15, -0.1) is 23.5 Å². The number of nitrogens with two attached hydrogens (primary N) is 1. The lowest BCUT2D eigenvalue weighted by Gasteiger charge is -2.24. The van der Waals surface area contributed by atoms with Gasteiger partial charge in [-0.25, -0.2) is 0 Å². The quantitative estimate of drug-likeness (QED) is 0.709. The lowest BCUT2D eigenvalue weighted by molar-refractivity contribution is -0.138. The maximum absolute atomic E-state index is 11.0. The van der Waals surface area contributed by atoms with Crippen LogP contribution < -0.4 is 5.73 Å². The predicted molar refractivity (Wildman–Crippen MR) is 94.0 cm³/mol. The first-order chi connectivity index (χ1) is 9.81. The fourth-order valence-corrected chi connectivity index (χ4v) is 5.28. The standard InChI is InChI=1S/C16H25NO2S2/c1-10(2)20-16(21-11(3)4)13-8-6-5-7-12(13)9-14(17)15(18)19/h5-8,10-11,14,16H,9,17H2,1-4H3,(H,18,19)/t14-/m0/s1. The maximum Gasteiger partial charge on any atom is 0.320 e. The van der Waals surface area contributed by atoms with Crippen LogP contribution in [0.15, 0.2) is 24.3 Å². The second kappa shape index (κ2) is 8.71. The van der Waals surface area contributed by atoms with Crippen molar-refractivity contribution in [1.29, 1.82) is 0 Å². The summed E-state index contributed by atoms with van der Waals surface area (Å²) in [5.74, 6) is -0.950. The van der Waals surface area contributed by atoms with Gasteiger partial charge in [-0.2, -0.15) is 0 Å². The lowest BCUT2D eigenvalue weighted by Crippen LogP contribution is -2.32. The minimum atomic E-state index is -0.950. The molecular formula is C16H25NO2S2. The Morgan fingerprint density at radius 3 is 2.14 bits per heavy atom. The molecule has 0 fully saturated rings. The Morgan fingerprint density at radius 2 is 1.67 bits per heavy atom. The zero-order chi connectivity index (χ0) is 16.0.